The molecule has 3 rings (SSSR count). The summed E-state index contributed by atoms with van der Waals surface area (Å²) in [5, 5.41) is 2.09. The second-order valence-corrected chi connectivity index (χ2v) is 5.54. The Kier molecular flexibility index (Phi) is 3.58. The van der Waals surface area contributed by atoms with Gasteiger partial charge >= 0.3 is 0 Å². The maximum absolute atomic E-state index is 12.5. The number of aromatic nitrogens is 1. The minimum atomic E-state index is 0.260. The SMILES string of the molecule is O=C(CC1CCCCC1)c1cncc2ccccc12. The highest BCUT2D eigenvalue weighted by Crippen LogP contribution is 2.28. The third-order valence-electron chi connectivity index (χ3n) is 4.17. The van der Waals surface area contributed by atoms with Crippen LogP contribution in [-0.4, -0.2) is 10.8 Å². The molecular weight excluding hydrogens is 234 g/mol. The van der Waals surface area contributed by atoms with Gasteiger partial charge in [-0.3, -0.25) is 9.78 Å². The zero-order valence-corrected chi connectivity index (χ0v) is 11.1. The second kappa shape index (κ2) is 5.52. The van der Waals surface area contributed by atoms with Gasteiger partial charge in [-0.25, -0.2) is 0 Å². The van der Waals surface area contributed by atoms with Crippen molar-refractivity contribution in [1.82, 2.24) is 4.98 Å². The summed E-state index contributed by atoms with van der Waals surface area (Å²) >= 11 is 0. The highest BCUT2D eigenvalue weighted by Gasteiger charge is 2.19. The van der Waals surface area contributed by atoms with Crippen molar-refractivity contribution < 1.29 is 4.79 Å². The van der Waals surface area contributed by atoms with Crippen molar-refractivity contribution in [2.45, 2.75) is 38.5 Å². The third kappa shape index (κ3) is 2.67. The van der Waals surface area contributed by atoms with E-state index in [2.05, 4.69) is 4.98 Å². The van der Waals surface area contributed by atoms with Gasteiger partial charge < -0.3 is 0 Å². The molecule has 0 spiro atoms. The molecule has 0 bridgehead atoms. The van der Waals surface area contributed by atoms with Gasteiger partial charge in [0.05, 0.1) is 0 Å². The van der Waals surface area contributed by atoms with Crippen LogP contribution in [0.2, 0.25) is 0 Å². The van der Waals surface area contributed by atoms with Gasteiger partial charge in [-0.1, -0.05) is 56.4 Å². The van der Waals surface area contributed by atoms with Crippen LogP contribution in [0.5, 0.6) is 0 Å². The molecule has 1 heterocycles. The summed E-state index contributed by atoms with van der Waals surface area (Å²) in [5.74, 6) is 0.844. The molecule has 0 aliphatic heterocycles. The monoisotopic (exact) mass is 253 g/mol. The predicted molar refractivity (Wildman–Crippen MR) is 77.3 cm³/mol. The van der Waals surface area contributed by atoms with Gasteiger partial charge in [0.15, 0.2) is 5.78 Å². The van der Waals surface area contributed by atoms with Gasteiger partial charge in [-0.15, -0.1) is 0 Å². The number of rotatable bonds is 3. The third-order valence-corrected chi connectivity index (χ3v) is 4.17. The number of carbonyl (C=O) groups excluding carboxylic acids is 1. The molecule has 1 aliphatic carbocycles. The van der Waals surface area contributed by atoms with E-state index in [-0.39, 0.29) is 5.78 Å². The van der Waals surface area contributed by atoms with E-state index in [1.807, 2.05) is 30.5 Å². The first-order chi connectivity index (χ1) is 9.34. The number of carbonyl (C=O) groups is 1. The van der Waals surface area contributed by atoms with Gasteiger partial charge in [0.25, 0.3) is 0 Å². The number of pyridine rings is 1. The first-order valence-electron chi connectivity index (χ1n) is 7.20. The number of nitrogens with zero attached hydrogens (tertiary/aromatic N) is 1. The molecule has 0 radical (unpaired) electrons. The van der Waals surface area contributed by atoms with Crippen molar-refractivity contribution in [2.24, 2.45) is 5.92 Å². The Labute approximate surface area is 113 Å². The number of hydrogen-bond acceptors (Lipinski definition) is 2. The summed E-state index contributed by atoms with van der Waals surface area (Å²) in [6.45, 7) is 0. The van der Waals surface area contributed by atoms with Crippen LogP contribution in [0.3, 0.4) is 0 Å². The van der Waals surface area contributed by atoms with Gasteiger partial charge in [-0.2, -0.15) is 0 Å². The zero-order valence-electron chi connectivity index (χ0n) is 11.1. The number of hydrogen-bond donors (Lipinski definition) is 0. The van der Waals surface area contributed by atoms with E-state index >= 15 is 0 Å². The van der Waals surface area contributed by atoms with Crippen LogP contribution in [0, 0.1) is 5.92 Å². The van der Waals surface area contributed by atoms with E-state index in [1.54, 1.807) is 6.20 Å². The minimum Gasteiger partial charge on any atom is -0.294 e. The lowest BCUT2D eigenvalue weighted by Crippen LogP contribution is -2.12. The van der Waals surface area contributed by atoms with Crippen LogP contribution in [0.15, 0.2) is 36.7 Å². The summed E-state index contributed by atoms with van der Waals surface area (Å²) < 4.78 is 0. The highest BCUT2D eigenvalue weighted by molar-refractivity contribution is 6.07. The Morgan fingerprint density at radius 3 is 2.74 bits per heavy atom. The molecule has 1 aromatic heterocycles. The second-order valence-electron chi connectivity index (χ2n) is 5.54. The molecule has 1 aliphatic rings. The number of benzene rings is 1. The topological polar surface area (TPSA) is 30.0 Å². The number of fused-ring (bicyclic) bond motifs is 1. The molecule has 0 amide bonds. The van der Waals surface area contributed by atoms with E-state index in [0.29, 0.717) is 12.3 Å². The van der Waals surface area contributed by atoms with Gasteiger partial charge in [0.1, 0.15) is 0 Å². The molecule has 0 unspecified atom stereocenters. The van der Waals surface area contributed by atoms with Gasteiger partial charge in [0, 0.05) is 29.8 Å². The van der Waals surface area contributed by atoms with Crippen LogP contribution in [0.25, 0.3) is 10.8 Å². The van der Waals surface area contributed by atoms with E-state index in [1.165, 1.54) is 32.1 Å². The molecule has 1 aromatic carbocycles. The fourth-order valence-corrected chi connectivity index (χ4v) is 3.10. The Hall–Kier alpha value is -1.70. The van der Waals surface area contributed by atoms with Crippen LogP contribution in [-0.2, 0) is 0 Å². The molecule has 0 saturated heterocycles. The summed E-state index contributed by atoms with van der Waals surface area (Å²) in [4.78, 5) is 16.7. The van der Waals surface area contributed by atoms with Gasteiger partial charge in [0.2, 0.25) is 0 Å². The van der Waals surface area contributed by atoms with Crippen molar-refractivity contribution in [1.29, 1.82) is 0 Å². The Balaban J connectivity index is 1.85. The average molecular weight is 253 g/mol. The molecule has 2 heteroatoms. The van der Waals surface area contributed by atoms with E-state index in [0.717, 1.165) is 16.3 Å². The van der Waals surface area contributed by atoms with Crippen LogP contribution < -0.4 is 0 Å². The summed E-state index contributed by atoms with van der Waals surface area (Å²) in [6, 6.07) is 8.00. The van der Waals surface area contributed by atoms with Crippen LogP contribution in [0.4, 0.5) is 0 Å². The summed E-state index contributed by atoms with van der Waals surface area (Å²) in [5.41, 5.74) is 0.795. The number of ketones is 1. The lowest BCUT2D eigenvalue weighted by Gasteiger charge is -2.20. The summed E-state index contributed by atoms with van der Waals surface area (Å²) in [6.07, 6.45) is 10.6. The zero-order chi connectivity index (χ0) is 13.1. The molecule has 1 fully saturated rings. The maximum Gasteiger partial charge on any atom is 0.165 e. The molecule has 0 atom stereocenters. The summed E-state index contributed by atoms with van der Waals surface area (Å²) in [7, 11) is 0. The Bertz CT molecular complexity index is 579. The molecular formula is C17H19NO. The standard InChI is InChI=1S/C17H19NO/c19-17(10-13-6-2-1-3-7-13)16-12-18-11-14-8-4-5-9-15(14)16/h4-5,8-9,11-13H,1-3,6-7,10H2. The molecule has 1 saturated carbocycles. The Morgan fingerprint density at radius 1 is 1.11 bits per heavy atom. The normalized spacial score (nSPS) is 16.6. The van der Waals surface area contributed by atoms with E-state index in [9.17, 15) is 4.79 Å². The van der Waals surface area contributed by atoms with Crippen molar-refractivity contribution in [3.05, 3.63) is 42.2 Å². The van der Waals surface area contributed by atoms with Crippen molar-refractivity contribution in [2.75, 3.05) is 0 Å². The smallest absolute Gasteiger partial charge is 0.165 e. The molecule has 98 valence electrons. The Morgan fingerprint density at radius 2 is 1.89 bits per heavy atom. The average Bonchev–Trinajstić information content (AvgIpc) is 2.47. The van der Waals surface area contributed by atoms with Crippen LogP contribution in [0.1, 0.15) is 48.9 Å². The van der Waals surface area contributed by atoms with Crippen molar-refractivity contribution in [3.8, 4) is 0 Å². The van der Waals surface area contributed by atoms with Crippen molar-refractivity contribution >= 4 is 16.6 Å². The molecule has 19 heavy (non-hydrogen) atoms. The lowest BCUT2D eigenvalue weighted by atomic mass is 9.84. The van der Waals surface area contributed by atoms with E-state index in [4.69, 9.17) is 0 Å². The lowest BCUT2D eigenvalue weighted by molar-refractivity contribution is 0.0951. The predicted octanol–water partition coefficient (Wildman–Crippen LogP) is 4.39. The largest absolute Gasteiger partial charge is 0.294 e. The first kappa shape index (κ1) is 12.3. The van der Waals surface area contributed by atoms with Crippen molar-refractivity contribution in [3.63, 3.8) is 0 Å². The van der Waals surface area contributed by atoms with E-state index < -0.39 is 0 Å². The molecule has 2 nitrogen and oxygen atoms in total. The fraction of sp³-hybridized carbons (Fsp3) is 0.412. The fourth-order valence-electron chi connectivity index (χ4n) is 3.10. The minimum absolute atomic E-state index is 0.260. The first-order valence-corrected chi connectivity index (χ1v) is 7.20. The highest BCUT2D eigenvalue weighted by atomic mass is 16.1. The van der Waals surface area contributed by atoms with Gasteiger partial charge in [-0.05, 0) is 11.3 Å². The van der Waals surface area contributed by atoms with Crippen LogP contribution >= 0.6 is 0 Å². The maximum atomic E-state index is 12.5. The number of Topliss-reactive ketones (excluding diaryl/α,β-unsaturated/α-hetero) is 1. The quantitative estimate of drug-likeness (QED) is 0.759. The molecule has 0 N–H and O–H groups in total. The molecule has 2 aromatic rings.